The molecule has 2 rings (SSSR count). The fraction of sp³-hybridized carbons (Fsp3) is 0.333. The normalized spacial score (nSPS) is 12.0. The number of aromatic nitrogens is 2. The number of methoxy groups -OCH3 is 1. The lowest BCUT2D eigenvalue weighted by Crippen LogP contribution is -2.30. The molecule has 112 valence electrons. The molecule has 6 heteroatoms. The fourth-order valence-electron chi connectivity index (χ4n) is 2.02. The van der Waals surface area contributed by atoms with Gasteiger partial charge in [-0.05, 0) is 12.5 Å². The molecule has 3 N–H and O–H groups in total. The van der Waals surface area contributed by atoms with Crippen LogP contribution < -0.4 is 20.7 Å². The summed E-state index contributed by atoms with van der Waals surface area (Å²) in [7, 11) is 1.56. The van der Waals surface area contributed by atoms with Crippen LogP contribution >= 0.6 is 0 Å². The maximum absolute atomic E-state index is 5.78. The number of nitrogens with zero attached hydrogens (tertiary/aromatic N) is 2. The Hall–Kier alpha value is -2.18. The van der Waals surface area contributed by atoms with Crippen LogP contribution in [-0.2, 0) is 0 Å². The van der Waals surface area contributed by atoms with E-state index >= 15 is 0 Å². The molecular formula is C15H20N4O2. The van der Waals surface area contributed by atoms with Gasteiger partial charge in [0.2, 0.25) is 5.88 Å². The summed E-state index contributed by atoms with van der Waals surface area (Å²) in [4.78, 5) is 8.27. The number of para-hydroxylation sites is 1. The SMILES string of the molecule is CCCOc1ccccc1C(NN)c1cc(OC)ncn1. The molecule has 6 nitrogen and oxygen atoms in total. The topological polar surface area (TPSA) is 82.3 Å². The van der Waals surface area contributed by atoms with Crippen LogP contribution in [0.25, 0.3) is 0 Å². The zero-order chi connectivity index (χ0) is 15.1. The summed E-state index contributed by atoms with van der Waals surface area (Å²) in [6, 6.07) is 9.22. The van der Waals surface area contributed by atoms with Gasteiger partial charge in [-0.15, -0.1) is 0 Å². The molecule has 0 saturated carbocycles. The minimum absolute atomic E-state index is 0.296. The van der Waals surface area contributed by atoms with Crippen LogP contribution in [0.1, 0.15) is 30.6 Å². The van der Waals surface area contributed by atoms with Crippen LogP contribution in [0.4, 0.5) is 0 Å². The first-order valence-corrected chi connectivity index (χ1v) is 6.84. The highest BCUT2D eigenvalue weighted by atomic mass is 16.5. The Bertz CT molecular complexity index is 577. The zero-order valence-corrected chi connectivity index (χ0v) is 12.2. The molecule has 0 aliphatic rings. The van der Waals surface area contributed by atoms with Gasteiger partial charge in [0.05, 0.1) is 25.5 Å². The number of hydrogen-bond donors (Lipinski definition) is 2. The first-order valence-electron chi connectivity index (χ1n) is 6.84. The Morgan fingerprint density at radius 3 is 2.81 bits per heavy atom. The molecule has 2 aromatic rings. The molecule has 0 spiro atoms. The lowest BCUT2D eigenvalue weighted by molar-refractivity contribution is 0.311. The number of hydrazine groups is 1. The van der Waals surface area contributed by atoms with Crippen molar-refractivity contribution in [1.82, 2.24) is 15.4 Å². The van der Waals surface area contributed by atoms with Gasteiger partial charge in [-0.1, -0.05) is 25.1 Å². The van der Waals surface area contributed by atoms with E-state index in [1.807, 2.05) is 24.3 Å². The predicted octanol–water partition coefficient (Wildman–Crippen LogP) is 1.83. The van der Waals surface area contributed by atoms with Crippen molar-refractivity contribution in [3.63, 3.8) is 0 Å². The molecule has 0 aliphatic heterocycles. The van der Waals surface area contributed by atoms with Crippen molar-refractivity contribution >= 4 is 0 Å². The van der Waals surface area contributed by atoms with E-state index in [2.05, 4.69) is 22.3 Å². The number of hydrogen-bond acceptors (Lipinski definition) is 6. The van der Waals surface area contributed by atoms with Gasteiger partial charge in [0.25, 0.3) is 0 Å². The molecular weight excluding hydrogens is 268 g/mol. The molecule has 0 bridgehead atoms. The number of benzene rings is 1. The second-order valence-corrected chi connectivity index (χ2v) is 4.47. The minimum atomic E-state index is -0.296. The molecule has 1 atom stereocenters. The van der Waals surface area contributed by atoms with Gasteiger partial charge in [0, 0.05) is 11.6 Å². The third-order valence-corrected chi connectivity index (χ3v) is 3.03. The van der Waals surface area contributed by atoms with Crippen LogP contribution in [0.3, 0.4) is 0 Å². The smallest absolute Gasteiger partial charge is 0.216 e. The van der Waals surface area contributed by atoms with Crippen molar-refractivity contribution in [3.05, 3.63) is 47.9 Å². The van der Waals surface area contributed by atoms with Crippen LogP contribution in [-0.4, -0.2) is 23.7 Å². The highest BCUT2D eigenvalue weighted by Crippen LogP contribution is 2.29. The molecule has 1 aromatic carbocycles. The van der Waals surface area contributed by atoms with Gasteiger partial charge < -0.3 is 9.47 Å². The minimum Gasteiger partial charge on any atom is -0.493 e. The summed E-state index contributed by atoms with van der Waals surface area (Å²) in [5, 5.41) is 0. The average Bonchev–Trinajstić information content (AvgIpc) is 2.55. The highest BCUT2D eigenvalue weighted by molar-refractivity contribution is 5.40. The molecule has 1 aromatic heterocycles. The van der Waals surface area contributed by atoms with E-state index in [1.54, 1.807) is 13.2 Å². The van der Waals surface area contributed by atoms with Crippen LogP contribution in [0.2, 0.25) is 0 Å². The van der Waals surface area contributed by atoms with E-state index in [-0.39, 0.29) is 6.04 Å². The summed E-state index contributed by atoms with van der Waals surface area (Å²) < 4.78 is 10.9. The van der Waals surface area contributed by atoms with Gasteiger partial charge >= 0.3 is 0 Å². The summed E-state index contributed by atoms with van der Waals surface area (Å²) >= 11 is 0. The van der Waals surface area contributed by atoms with Crippen LogP contribution in [0.15, 0.2) is 36.7 Å². The summed E-state index contributed by atoms with van der Waals surface area (Å²) in [6.07, 6.45) is 2.39. The Morgan fingerprint density at radius 1 is 1.29 bits per heavy atom. The Balaban J connectivity index is 2.36. The van der Waals surface area contributed by atoms with Gasteiger partial charge in [-0.3, -0.25) is 5.84 Å². The van der Waals surface area contributed by atoms with Crippen LogP contribution in [0, 0.1) is 0 Å². The van der Waals surface area contributed by atoms with Gasteiger partial charge in [0.1, 0.15) is 12.1 Å². The van der Waals surface area contributed by atoms with E-state index in [9.17, 15) is 0 Å². The van der Waals surface area contributed by atoms with Crippen molar-refractivity contribution in [2.75, 3.05) is 13.7 Å². The first-order chi connectivity index (χ1) is 10.3. The molecule has 1 unspecified atom stereocenters. The van der Waals surface area contributed by atoms with Crippen molar-refractivity contribution < 1.29 is 9.47 Å². The Morgan fingerprint density at radius 2 is 2.10 bits per heavy atom. The fourth-order valence-corrected chi connectivity index (χ4v) is 2.02. The van der Waals surface area contributed by atoms with E-state index in [4.69, 9.17) is 15.3 Å². The molecule has 0 aliphatic carbocycles. The quantitative estimate of drug-likeness (QED) is 0.597. The van der Waals surface area contributed by atoms with E-state index in [0.717, 1.165) is 23.4 Å². The number of rotatable bonds is 7. The van der Waals surface area contributed by atoms with Gasteiger partial charge in [-0.2, -0.15) is 0 Å². The standard InChI is InChI=1S/C15H20N4O2/c1-3-8-21-13-7-5-4-6-11(13)15(19-16)12-9-14(20-2)18-10-17-12/h4-7,9-10,15,19H,3,8,16H2,1-2H3. The van der Waals surface area contributed by atoms with E-state index in [0.29, 0.717) is 12.5 Å². The largest absolute Gasteiger partial charge is 0.493 e. The highest BCUT2D eigenvalue weighted by Gasteiger charge is 2.19. The summed E-state index contributed by atoms with van der Waals surface area (Å²) in [5.74, 6) is 7.00. The van der Waals surface area contributed by atoms with Crippen molar-refractivity contribution in [2.45, 2.75) is 19.4 Å². The molecule has 0 amide bonds. The number of nitrogens with two attached hydrogens (primary N) is 1. The molecule has 0 radical (unpaired) electrons. The second-order valence-electron chi connectivity index (χ2n) is 4.47. The molecule has 0 fully saturated rings. The Kier molecular flexibility index (Phi) is 5.48. The zero-order valence-electron chi connectivity index (χ0n) is 12.2. The number of nitrogens with one attached hydrogen (secondary N) is 1. The van der Waals surface area contributed by atoms with Gasteiger partial charge in [-0.25, -0.2) is 15.4 Å². The molecule has 1 heterocycles. The van der Waals surface area contributed by atoms with E-state index < -0.39 is 0 Å². The third-order valence-electron chi connectivity index (χ3n) is 3.03. The lowest BCUT2D eigenvalue weighted by atomic mass is 10.0. The van der Waals surface area contributed by atoms with Crippen LogP contribution in [0.5, 0.6) is 11.6 Å². The lowest BCUT2D eigenvalue weighted by Gasteiger charge is -2.19. The van der Waals surface area contributed by atoms with Gasteiger partial charge in [0.15, 0.2) is 0 Å². The van der Waals surface area contributed by atoms with Crippen molar-refractivity contribution in [2.24, 2.45) is 5.84 Å². The Labute approximate surface area is 124 Å². The van der Waals surface area contributed by atoms with Crippen molar-refractivity contribution in [3.8, 4) is 11.6 Å². The van der Waals surface area contributed by atoms with Crippen molar-refractivity contribution in [1.29, 1.82) is 0 Å². The second kappa shape index (κ2) is 7.56. The maximum Gasteiger partial charge on any atom is 0.216 e. The number of ether oxygens (including phenoxy) is 2. The molecule has 0 saturated heterocycles. The predicted molar refractivity (Wildman–Crippen MR) is 80.0 cm³/mol. The summed E-state index contributed by atoms with van der Waals surface area (Å²) in [5.41, 5.74) is 4.42. The first kappa shape index (κ1) is 15.2. The average molecular weight is 288 g/mol. The monoisotopic (exact) mass is 288 g/mol. The third kappa shape index (κ3) is 3.68. The molecule has 21 heavy (non-hydrogen) atoms. The maximum atomic E-state index is 5.78. The van der Waals surface area contributed by atoms with E-state index in [1.165, 1.54) is 6.33 Å². The summed E-state index contributed by atoms with van der Waals surface area (Å²) in [6.45, 7) is 2.72.